The minimum Gasteiger partial charge on any atom is -0.392 e. The van der Waals surface area contributed by atoms with Gasteiger partial charge in [0.1, 0.15) is 5.65 Å². The molecule has 0 spiro atoms. The summed E-state index contributed by atoms with van der Waals surface area (Å²) in [5.41, 5.74) is 1.34. The topological polar surface area (TPSA) is 54.6 Å². The molecule has 2 aromatic rings. The summed E-state index contributed by atoms with van der Waals surface area (Å²) >= 11 is 1.59. The van der Waals surface area contributed by atoms with Crippen molar-refractivity contribution in [3.63, 3.8) is 0 Å². The van der Waals surface area contributed by atoms with E-state index in [0.29, 0.717) is 11.4 Å². The van der Waals surface area contributed by atoms with Gasteiger partial charge in [-0.1, -0.05) is 13.0 Å². The van der Waals surface area contributed by atoms with Gasteiger partial charge >= 0.3 is 0 Å². The largest absolute Gasteiger partial charge is 0.392 e. The number of nitrogens with zero attached hydrogens (tertiary/aromatic N) is 2. The number of fused-ring (bicyclic) bond motifs is 1. The molecule has 2 aromatic heterocycles. The first-order valence-corrected chi connectivity index (χ1v) is 6.90. The standard InChI is InChI=1S/C13H16N2O2S/c1-9(16)10(2)18-8-11-7-13(17)15-6-4-3-5-12(15)14-11/h3-7,9-10,16H,8H2,1-2H3/t9-,10+/m0/s1. The van der Waals surface area contributed by atoms with E-state index >= 15 is 0 Å². The van der Waals surface area contributed by atoms with Crippen LogP contribution in [0.3, 0.4) is 0 Å². The van der Waals surface area contributed by atoms with Crippen molar-refractivity contribution in [2.45, 2.75) is 31.0 Å². The average Bonchev–Trinajstić information content (AvgIpc) is 2.36. The molecular weight excluding hydrogens is 248 g/mol. The molecule has 96 valence electrons. The van der Waals surface area contributed by atoms with Crippen molar-refractivity contribution in [2.24, 2.45) is 0 Å². The van der Waals surface area contributed by atoms with Gasteiger partial charge in [-0.3, -0.25) is 9.20 Å². The zero-order chi connectivity index (χ0) is 13.1. The first kappa shape index (κ1) is 13.1. The smallest absolute Gasteiger partial charge is 0.258 e. The van der Waals surface area contributed by atoms with Crippen molar-refractivity contribution in [1.29, 1.82) is 0 Å². The van der Waals surface area contributed by atoms with Crippen LogP contribution in [0.1, 0.15) is 19.5 Å². The van der Waals surface area contributed by atoms with Gasteiger partial charge in [-0.25, -0.2) is 4.98 Å². The van der Waals surface area contributed by atoms with E-state index in [-0.39, 0.29) is 16.9 Å². The molecule has 5 heteroatoms. The normalized spacial score (nSPS) is 14.6. The Balaban J connectivity index is 2.22. The second kappa shape index (κ2) is 5.54. The van der Waals surface area contributed by atoms with E-state index in [9.17, 15) is 9.90 Å². The lowest BCUT2D eigenvalue weighted by Gasteiger charge is -2.13. The van der Waals surface area contributed by atoms with E-state index in [1.807, 2.05) is 19.1 Å². The van der Waals surface area contributed by atoms with E-state index in [1.165, 1.54) is 4.40 Å². The van der Waals surface area contributed by atoms with Gasteiger partial charge in [-0.2, -0.15) is 0 Å². The summed E-state index contributed by atoms with van der Waals surface area (Å²) in [5, 5.41) is 9.54. The van der Waals surface area contributed by atoms with Crippen LogP contribution in [0.25, 0.3) is 5.65 Å². The van der Waals surface area contributed by atoms with Gasteiger partial charge in [0.05, 0.1) is 11.8 Å². The molecule has 0 saturated carbocycles. The molecule has 0 saturated heterocycles. The Kier molecular flexibility index (Phi) is 4.04. The Morgan fingerprint density at radius 1 is 1.44 bits per heavy atom. The van der Waals surface area contributed by atoms with Crippen molar-refractivity contribution in [2.75, 3.05) is 0 Å². The molecule has 0 aliphatic carbocycles. The molecule has 4 nitrogen and oxygen atoms in total. The van der Waals surface area contributed by atoms with Gasteiger partial charge in [0.2, 0.25) is 0 Å². The lowest BCUT2D eigenvalue weighted by Crippen LogP contribution is -2.17. The third-order valence-corrected chi connectivity index (χ3v) is 4.18. The van der Waals surface area contributed by atoms with Gasteiger partial charge in [0.25, 0.3) is 5.56 Å². The monoisotopic (exact) mass is 264 g/mol. The maximum absolute atomic E-state index is 11.8. The lowest BCUT2D eigenvalue weighted by molar-refractivity contribution is 0.196. The second-order valence-electron chi connectivity index (χ2n) is 4.27. The van der Waals surface area contributed by atoms with Crippen molar-refractivity contribution < 1.29 is 5.11 Å². The predicted octanol–water partition coefficient (Wildman–Crippen LogP) is 1.70. The van der Waals surface area contributed by atoms with Crippen molar-refractivity contribution in [3.05, 3.63) is 46.5 Å². The molecule has 0 bridgehead atoms. The van der Waals surface area contributed by atoms with Crippen LogP contribution in [0.2, 0.25) is 0 Å². The number of aliphatic hydroxyl groups is 1. The van der Waals surface area contributed by atoms with Crippen molar-refractivity contribution in [1.82, 2.24) is 9.38 Å². The number of aliphatic hydroxyl groups excluding tert-OH is 1. The van der Waals surface area contributed by atoms with Crippen LogP contribution in [-0.4, -0.2) is 25.8 Å². The molecule has 18 heavy (non-hydrogen) atoms. The zero-order valence-corrected chi connectivity index (χ0v) is 11.2. The number of hydrogen-bond acceptors (Lipinski definition) is 4. The summed E-state index contributed by atoms with van der Waals surface area (Å²) < 4.78 is 1.52. The first-order chi connectivity index (χ1) is 8.58. The van der Waals surface area contributed by atoms with Crippen LogP contribution in [0, 0.1) is 0 Å². The third-order valence-electron chi connectivity index (χ3n) is 2.80. The maximum Gasteiger partial charge on any atom is 0.258 e. The Morgan fingerprint density at radius 3 is 2.94 bits per heavy atom. The molecule has 0 aliphatic heterocycles. The molecule has 0 radical (unpaired) electrons. The number of thioether (sulfide) groups is 1. The summed E-state index contributed by atoms with van der Waals surface area (Å²) in [4.78, 5) is 16.3. The van der Waals surface area contributed by atoms with E-state index in [2.05, 4.69) is 4.98 Å². The third kappa shape index (κ3) is 2.91. The molecule has 0 unspecified atom stereocenters. The Labute approximate surface area is 110 Å². The Bertz CT molecular complexity index is 595. The Hall–Kier alpha value is -1.33. The van der Waals surface area contributed by atoms with E-state index < -0.39 is 0 Å². The van der Waals surface area contributed by atoms with Crippen molar-refractivity contribution in [3.8, 4) is 0 Å². The number of hydrogen-bond donors (Lipinski definition) is 1. The van der Waals surface area contributed by atoms with Crippen LogP contribution in [0.5, 0.6) is 0 Å². The maximum atomic E-state index is 11.8. The van der Waals surface area contributed by atoms with Crippen LogP contribution in [0.4, 0.5) is 0 Å². The van der Waals surface area contributed by atoms with Gasteiger partial charge in [0.15, 0.2) is 0 Å². The first-order valence-electron chi connectivity index (χ1n) is 5.85. The fourth-order valence-corrected chi connectivity index (χ4v) is 2.39. The Morgan fingerprint density at radius 2 is 2.22 bits per heavy atom. The second-order valence-corrected chi connectivity index (χ2v) is 5.64. The SMILES string of the molecule is C[C@H](O)[C@@H](C)SCc1cc(=O)n2ccccc2n1. The highest BCUT2D eigenvalue weighted by Crippen LogP contribution is 2.18. The van der Waals surface area contributed by atoms with E-state index in [0.717, 1.165) is 5.69 Å². The molecule has 1 N–H and O–H groups in total. The molecule has 2 rings (SSSR count). The fourth-order valence-electron chi connectivity index (χ4n) is 1.53. The molecule has 2 heterocycles. The minimum atomic E-state index is -0.364. The molecule has 0 aliphatic rings. The molecule has 2 atom stereocenters. The van der Waals surface area contributed by atoms with Gasteiger partial charge in [0, 0.05) is 23.3 Å². The lowest BCUT2D eigenvalue weighted by atomic mass is 10.3. The summed E-state index contributed by atoms with van der Waals surface area (Å²) in [6, 6.07) is 7.03. The van der Waals surface area contributed by atoms with Gasteiger partial charge < -0.3 is 5.11 Å². The zero-order valence-electron chi connectivity index (χ0n) is 10.4. The molecule has 0 aromatic carbocycles. The van der Waals surface area contributed by atoms with E-state index in [4.69, 9.17) is 0 Å². The van der Waals surface area contributed by atoms with Crippen molar-refractivity contribution >= 4 is 17.4 Å². The van der Waals surface area contributed by atoms with Gasteiger partial charge in [-0.15, -0.1) is 11.8 Å². The predicted molar refractivity (Wildman–Crippen MR) is 73.9 cm³/mol. The highest BCUT2D eigenvalue weighted by Gasteiger charge is 2.10. The van der Waals surface area contributed by atoms with Crippen LogP contribution in [0.15, 0.2) is 35.3 Å². The molecular formula is C13H16N2O2S. The quantitative estimate of drug-likeness (QED) is 0.913. The van der Waals surface area contributed by atoms with Crippen LogP contribution < -0.4 is 5.56 Å². The minimum absolute atomic E-state index is 0.0686. The highest BCUT2D eigenvalue weighted by atomic mass is 32.2. The highest BCUT2D eigenvalue weighted by molar-refractivity contribution is 7.99. The molecule has 0 fully saturated rings. The summed E-state index contributed by atoms with van der Waals surface area (Å²) in [7, 11) is 0. The summed E-state index contributed by atoms with van der Waals surface area (Å²) in [5.74, 6) is 0.632. The van der Waals surface area contributed by atoms with Crippen LogP contribution in [-0.2, 0) is 5.75 Å². The molecule has 0 amide bonds. The van der Waals surface area contributed by atoms with Crippen LogP contribution >= 0.6 is 11.8 Å². The average molecular weight is 264 g/mol. The fraction of sp³-hybridized carbons (Fsp3) is 0.385. The van der Waals surface area contributed by atoms with Gasteiger partial charge in [-0.05, 0) is 19.1 Å². The number of aromatic nitrogens is 2. The number of pyridine rings is 1. The van der Waals surface area contributed by atoms with E-state index in [1.54, 1.807) is 37.0 Å². The number of rotatable bonds is 4. The summed E-state index contributed by atoms with van der Waals surface area (Å²) in [6.07, 6.45) is 1.34. The summed E-state index contributed by atoms with van der Waals surface area (Å²) in [6.45, 7) is 3.73.